The first kappa shape index (κ1) is 28.8. The van der Waals surface area contributed by atoms with E-state index in [-0.39, 0.29) is 7.33 Å². The summed E-state index contributed by atoms with van der Waals surface area (Å²) >= 11 is 15.7. The van der Waals surface area contributed by atoms with Gasteiger partial charge in [-0.2, -0.15) is 5.26 Å². The Bertz CT molecular complexity index is 1390. The van der Waals surface area contributed by atoms with Crippen LogP contribution in [-0.2, 0) is 13.1 Å². The van der Waals surface area contributed by atoms with Crippen molar-refractivity contribution >= 4 is 50.9 Å². The first-order valence-electron chi connectivity index (χ1n) is 13.5. The topological polar surface area (TPSA) is 75.5 Å². The molecule has 0 saturated carbocycles. The molecule has 0 aliphatic carbocycles. The molecule has 1 N–H and O–H groups in total. The Hall–Kier alpha value is -2.67. The number of likely N-dealkylation sites (tertiary alicyclic amines) is 1. The van der Waals surface area contributed by atoms with Gasteiger partial charge in [-0.1, -0.05) is 41.4 Å². The predicted molar refractivity (Wildman–Crippen MR) is 165 cm³/mol. The number of pyridine rings is 1. The maximum Gasteiger partial charge on any atom is 0.253 e. The van der Waals surface area contributed by atoms with Crippen LogP contribution in [0, 0.1) is 11.3 Å². The zero-order valence-corrected chi connectivity index (χ0v) is 25.2. The molecule has 10 heteroatoms. The molecule has 3 heterocycles. The normalized spacial score (nSPS) is 17.0. The third kappa shape index (κ3) is 7.15. The lowest BCUT2D eigenvalue weighted by atomic mass is 10.0. The molecule has 7 nitrogen and oxygen atoms in total. The van der Waals surface area contributed by atoms with Crippen molar-refractivity contribution in [3.8, 4) is 6.07 Å². The van der Waals surface area contributed by atoms with Crippen LogP contribution in [0.15, 0.2) is 59.2 Å². The summed E-state index contributed by atoms with van der Waals surface area (Å²) in [4.78, 5) is 24.8. The lowest BCUT2D eigenvalue weighted by molar-refractivity contribution is 0.0950. The summed E-state index contributed by atoms with van der Waals surface area (Å²) in [6, 6.07) is 17.9. The third-order valence-electron chi connectivity index (χ3n) is 7.70. The summed E-state index contributed by atoms with van der Waals surface area (Å²) in [5.74, 6) is 0.680. The molecule has 2 aliphatic rings. The summed E-state index contributed by atoms with van der Waals surface area (Å²) in [6.07, 6.45) is 3.98. The Morgan fingerprint density at radius 2 is 1.70 bits per heavy atom. The number of rotatable bonds is 7. The molecule has 0 atom stereocenters. The first-order valence-corrected chi connectivity index (χ1v) is 15.0. The van der Waals surface area contributed by atoms with Crippen LogP contribution in [0.4, 0.5) is 5.82 Å². The van der Waals surface area contributed by atoms with Gasteiger partial charge in [-0.25, -0.2) is 4.98 Å². The fourth-order valence-electron chi connectivity index (χ4n) is 5.41. The van der Waals surface area contributed by atoms with Crippen molar-refractivity contribution in [2.75, 3.05) is 44.2 Å². The van der Waals surface area contributed by atoms with Gasteiger partial charge < -0.3 is 10.2 Å². The van der Waals surface area contributed by atoms with Crippen LogP contribution in [0.25, 0.3) is 0 Å². The Morgan fingerprint density at radius 1 is 1.00 bits per heavy atom. The molecule has 0 unspecified atom stereocenters. The monoisotopic (exact) mass is 642 g/mol. The summed E-state index contributed by atoms with van der Waals surface area (Å²) in [5.41, 5.74) is 3.35. The van der Waals surface area contributed by atoms with Crippen LogP contribution >= 0.6 is 39.1 Å². The molecule has 40 heavy (non-hydrogen) atoms. The van der Waals surface area contributed by atoms with Crippen LogP contribution in [0.5, 0.6) is 0 Å². The number of benzene rings is 2. The number of halogens is 3. The van der Waals surface area contributed by atoms with Gasteiger partial charge in [-0.3, -0.25) is 14.6 Å². The van der Waals surface area contributed by atoms with Crippen LogP contribution in [-0.4, -0.2) is 66.0 Å². The summed E-state index contributed by atoms with van der Waals surface area (Å²) < 4.78 is 0.819. The molecule has 5 rings (SSSR count). The number of hydrogen-bond donors (Lipinski definition) is 1. The lowest BCUT2D eigenvalue weighted by Gasteiger charge is -2.43. The fraction of sp³-hybridized carbons (Fsp3) is 0.367. The van der Waals surface area contributed by atoms with E-state index in [1.807, 2.05) is 24.3 Å². The first-order chi connectivity index (χ1) is 19.4. The molecular formula is C30H33BrCl2N6O. The number of piperazine rings is 1. The number of carbonyl (C=O) groups excluding carboxylic acids is 1. The SMILES string of the molecule is N#Cc1ccc(CN2CCC(N3CCN(c4ncc(C(=O)NCc5ccc(Cl)c(Cl)c5)cc4Br)CC3)CC2)cc1.[HH]. The highest BCUT2D eigenvalue weighted by molar-refractivity contribution is 9.10. The average molecular weight is 644 g/mol. The summed E-state index contributed by atoms with van der Waals surface area (Å²) in [7, 11) is 0. The van der Waals surface area contributed by atoms with Crippen molar-refractivity contribution in [3.63, 3.8) is 0 Å². The van der Waals surface area contributed by atoms with Gasteiger partial charge in [-0.15, -0.1) is 0 Å². The molecule has 0 radical (unpaired) electrons. The Kier molecular flexibility index (Phi) is 9.61. The molecule has 0 spiro atoms. The van der Waals surface area contributed by atoms with Gasteiger partial charge in [-0.05, 0) is 83.3 Å². The number of nitriles is 1. The Balaban J connectivity index is 0.00000387. The molecule has 1 amide bonds. The quantitative estimate of drug-likeness (QED) is 0.341. The number of carbonyl (C=O) groups is 1. The van der Waals surface area contributed by atoms with Crippen molar-refractivity contribution in [3.05, 3.63) is 91.5 Å². The Morgan fingerprint density at radius 3 is 2.35 bits per heavy atom. The number of piperidine rings is 1. The molecule has 0 bridgehead atoms. The second-order valence-corrected chi connectivity index (χ2v) is 12.0. The van der Waals surface area contributed by atoms with Crippen LogP contribution in [0.2, 0.25) is 10.0 Å². The zero-order chi connectivity index (χ0) is 28.1. The Labute approximate surface area is 255 Å². The highest BCUT2D eigenvalue weighted by Crippen LogP contribution is 2.28. The van der Waals surface area contributed by atoms with Gasteiger partial charge in [0.2, 0.25) is 0 Å². The van der Waals surface area contributed by atoms with Gasteiger partial charge in [0, 0.05) is 52.9 Å². The number of nitrogens with zero attached hydrogens (tertiary/aromatic N) is 5. The number of nitrogens with one attached hydrogen (secondary N) is 1. The minimum Gasteiger partial charge on any atom is -0.353 e. The van der Waals surface area contributed by atoms with E-state index in [1.54, 1.807) is 18.3 Å². The van der Waals surface area contributed by atoms with E-state index in [1.165, 1.54) is 18.4 Å². The minimum absolute atomic E-state index is 0. The minimum atomic E-state index is -0.193. The van der Waals surface area contributed by atoms with E-state index in [9.17, 15) is 4.79 Å². The molecule has 2 saturated heterocycles. The second kappa shape index (κ2) is 13.3. The number of anilines is 1. The van der Waals surface area contributed by atoms with Crippen molar-refractivity contribution in [1.29, 1.82) is 5.26 Å². The fourth-order valence-corrected chi connectivity index (χ4v) is 6.33. The summed E-state index contributed by atoms with van der Waals surface area (Å²) in [6.45, 7) is 7.28. The van der Waals surface area contributed by atoms with Crippen LogP contribution < -0.4 is 10.2 Å². The van der Waals surface area contributed by atoms with Crippen molar-refractivity contribution < 1.29 is 6.22 Å². The van der Waals surface area contributed by atoms with Crippen molar-refractivity contribution in [2.45, 2.75) is 32.0 Å². The van der Waals surface area contributed by atoms with Gasteiger partial charge in [0.15, 0.2) is 0 Å². The van der Waals surface area contributed by atoms with E-state index in [0.29, 0.717) is 33.8 Å². The maximum atomic E-state index is 12.7. The van der Waals surface area contributed by atoms with Crippen LogP contribution in [0.3, 0.4) is 0 Å². The average Bonchev–Trinajstić information content (AvgIpc) is 2.98. The lowest BCUT2D eigenvalue weighted by Crippen LogP contribution is -2.53. The standard InChI is InChI=1S/C30H31BrCl2N6O.H2/c31-26-16-24(30(40)36-18-23-5-6-27(32)28(33)15-23)19-35-29(26)39-13-11-38(12-14-39)25-7-9-37(10-8-25)20-22-3-1-21(17-34)2-4-22;/h1-6,15-16,19,25H,7-14,18,20H2,(H,36,40);1H. The van der Waals surface area contributed by atoms with Crippen molar-refractivity contribution in [1.82, 2.24) is 20.1 Å². The van der Waals surface area contributed by atoms with Gasteiger partial charge in [0.25, 0.3) is 5.91 Å². The van der Waals surface area contributed by atoms with E-state index in [4.69, 9.17) is 28.5 Å². The predicted octanol–water partition coefficient (Wildman–Crippen LogP) is 5.99. The van der Waals surface area contributed by atoms with E-state index in [0.717, 1.165) is 61.7 Å². The van der Waals surface area contributed by atoms with Gasteiger partial charge >= 0.3 is 0 Å². The van der Waals surface area contributed by atoms with E-state index < -0.39 is 0 Å². The number of aromatic nitrogens is 1. The molecule has 2 aliphatic heterocycles. The highest BCUT2D eigenvalue weighted by atomic mass is 79.9. The molecule has 3 aromatic rings. The van der Waals surface area contributed by atoms with Crippen molar-refractivity contribution in [2.24, 2.45) is 0 Å². The van der Waals surface area contributed by atoms with Crippen LogP contribution in [0.1, 0.15) is 41.3 Å². The number of amides is 1. The van der Waals surface area contributed by atoms with Gasteiger partial charge in [0.05, 0.1) is 31.7 Å². The van der Waals surface area contributed by atoms with E-state index >= 15 is 0 Å². The molecule has 1 aromatic heterocycles. The third-order valence-corrected chi connectivity index (χ3v) is 9.02. The maximum absolute atomic E-state index is 12.7. The molecule has 2 fully saturated rings. The smallest absolute Gasteiger partial charge is 0.253 e. The molecular weight excluding hydrogens is 611 g/mol. The highest BCUT2D eigenvalue weighted by Gasteiger charge is 2.28. The van der Waals surface area contributed by atoms with E-state index in [2.05, 4.69) is 59.1 Å². The summed E-state index contributed by atoms with van der Waals surface area (Å²) in [5, 5.41) is 12.9. The largest absolute Gasteiger partial charge is 0.353 e. The molecule has 210 valence electrons. The van der Waals surface area contributed by atoms with Gasteiger partial charge in [0.1, 0.15) is 5.82 Å². The zero-order valence-electron chi connectivity index (χ0n) is 22.1. The molecule has 2 aromatic carbocycles. The number of hydrogen-bond acceptors (Lipinski definition) is 6. The second-order valence-electron chi connectivity index (χ2n) is 10.3.